The molecule has 4 heterocycles. The Labute approximate surface area is 286 Å². The van der Waals surface area contributed by atoms with E-state index in [1.54, 1.807) is 25.7 Å². The van der Waals surface area contributed by atoms with Crippen LogP contribution in [0.4, 0.5) is 0 Å². The molecule has 1 aliphatic heterocycles. The molecule has 1 saturated heterocycles. The number of rotatable bonds is 12. The lowest BCUT2D eigenvalue weighted by Crippen LogP contribution is -2.48. The molecule has 0 amide bonds. The van der Waals surface area contributed by atoms with Crippen molar-refractivity contribution in [3.8, 4) is 28.8 Å². The first kappa shape index (κ1) is 35.9. The minimum Gasteiger partial charge on any atom is -0.497 e. The van der Waals surface area contributed by atoms with Gasteiger partial charge in [0.15, 0.2) is 27.8 Å². The molecule has 0 N–H and O–H groups in total. The summed E-state index contributed by atoms with van der Waals surface area (Å²) in [5.41, 5.74) is 2.62. The fourth-order valence-corrected chi connectivity index (χ4v) is 7.27. The molecular weight excluding hydrogens is 643 g/mol. The van der Waals surface area contributed by atoms with E-state index in [2.05, 4.69) is 94.6 Å². The van der Waals surface area contributed by atoms with Crippen molar-refractivity contribution < 1.29 is 23.1 Å². The Bertz CT molecular complexity index is 1720. The zero-order valence-electron chi connectivity index (χ0n) is 30.3. The van der Waals surface area contributed by atoms with Crippen LogP contribution in [-0.4, -0.2) is 83.7 Å². The van der Waals surface area contributed by atoms with E-state index in [1.807, 2.05) is 28.8 Å². The Morgan fingerprint density at radius 3 is 2.31 bits per heavy atom. The van der Waals surface area contributed by atoms with Crippen LogP contribution in [0.1, 0.15) is 54.2 Å². The third-order valence-electron chi connectivity index (χ3n) is 9.96. The highest BCUT2D eigenvalue weighted by atomic mass is 28.4. The summed E-state index contributed by atoms with van der Waals surface area (Å²) in [5, 5.41) is 8.83. The molecule has 5 rings (SSSR count). The number of benzene rings is 1. The fourth-order valence-electron chi connectivity index (χ4n) is 4.89. The van der Waals surface area contributed by atoms with Crippen LogP contribution in [0.25, 0.3) is 28.4 Å². The zero-order valence-corrected chi connectivity index (χ0v) is 32.3. The summed E-state index contributed by atoms with van der Waals surface area (Å²) in [6.07, 6.45) is 5.00. The lowest BCUT2D eigenvalue weighted by atomic mass is 10.2. The molecular formula is C34H51N7O5Si2. The van der Waals surface area contributed by atoms with Crippen LogP contribution in [-0.2, 0) is 13.6 Å². The molecule has 0 unspecified atom stereocenters. The summed E-state index contributed by atoms with van der Waals surface area (Å²) < 4.78 is 35.3. The van der Waals surface area contributed by atoms with Crippen LogP contribution in [0, 0.1) is 0 Å². The van der Waals surface area contributed by atoms with Crippen LogP contribution < -0.4 is 9.47 Å². The first-order valence-electron chi connectivity index (χ1n) is 16.5. The van der Waals surface area contributed by atoms with Gasteiger partial charge < -0.3 is 23.1 Å². The third kappa shape index (κ3) is 7.42. The van der Waals surface area contributed by atoms with E-state index in [4.69, 9.17) is 28.0 Å². The average molecular weight is 694 g/mol. The van der Waals surface area contributed by atoms with E-state index in [1.165, 1.54) is 4.68 Å². The number of fused-ring (bicyclic) bond motifs is 1. The second kappa shape index (κ2) is 13.5. The Balaban J connectivity index is 1.50. The molecule has 0 aliphatic carbocycles. The Hall–Kier alpha value is -3.44. The van der Waals surface area contributed by atoms with E-state index in [0.717, 1.165) is 11.3 Å². The van der Waals surface area contributed by atoms with Crippen molar-refractivity contribution >= 4 is 27.8 Å². The maximum Gasteiger partial charge on any atom is 0.257 e. The molecule has 12 nitrogen and oxygen atoms in total. The van der Waals surface area contributed by atoms with Crippen LogP contribution >= 0.6 is 0 Å². The average Bonchev–Trinajstić information content (AvgIpc) is 3.76. The quantitative estimate of drug-likeness (QED) is 0.110. The molecule has 1 aliphatic rings. The largest absolute Gasteiger partial charge is 0.497 e. The van der Waals surface area contributed by atoms with Gasteiger partial charge in [-0.3, -0.25) is 4.57 Å². The molecule has 0 bridgehead atoms. The van der Waals surface area contributed by atoms with Crippen LogP contribution in [0.3, 0.4) is 0 Å². The normalized spacial score (nSPS) is 19.2. The smallest absolute Gasteiger partial charge is 0.257 e. The lowest BCUT2D eigenvalue weighted by Gasteiger charge is -2.40. The zero-order chi connectivity index (χ0) is 35.1. The van der Waals surface area contributed by atoms with Gasteiger partial charge in [-0.05, 0) is 60.5 Å². The highest BCUT2D eigenvalue weighted by Crippen LogP contribution is 2.43. The molecule has 14 heteroatoms. The molecule has 0 spiro atoms. The SMILES string of the molecule is C=CCOc1nc(-n2cc(-c3ccc(OC)cc3)nn2)nc2c1ncn2[C@H]1C[C@H](O[Si](C)(C)C(C)(C)C)[C@@H](CO[Si](C)(C)C(C)(C)C)O1. The Morgan fingerprint density at radius 2 is 1.69 bits per heavy atom. The third-order valence-corrected chi connectivity index (χ3v) is 19.0. The van der Waals surface area contributed by atoms with Gasteiger partial charge >= 0.3 is 0 Å². The van der Waals surface area contributed by atoms with Crippen molar-refractivity contribution in [3.05, 3.63) is 49.4 Å². The number of hydrogen-bond acceptors (Lipinski definition) is 10. The maximum absolute atomic E-state index is 7.01. The van der Waals surface area contributed by atoms with Gasteiger partial charge in [0.05, 0.1) is 32.3 Å². The standard InChI is InChI=1S/C34H51N7O5Si2/c1-13-18-43-31-29-30(36-32(37-31)41-20-25(38-39-41)23-14-16-24(42-8)17-15-23)40(22-35-29)28-19-26(46-48(11,12)34(5,6)7)27(45-28)21-44-47(9,10)33(2,3)4/h13-17,20,22,26-28H,1,18-19,21H2,2-12H3/t26-,27+,28+/m0/s1. The molecule has 1 aromatic carbocycles. The monoisotopic (exact) mass is 693 g/mol. The Kier molecular flexibility index (Phi) is 10.1. The summed E-state index contributed by atoms with van der Waals surface area (Å²) in [5.74, 6) is 1.37. The van der Waals surface area contributed by atoms with Gasteiger partial charge in [0.2, 0.25) is 5.88 Å². The van der Waals surface area contributed by atoms with E-state index < -0.39 is 22.9 Å². The lowest BCUT2D eigenvalue weighted by molar-refractivity contribution is -0.0383. The van der Waals surface area contributed by atoms with Crippen LogP contribution in [0.15, 0.2) is 49.4 Å². The number of hydrogen-bond donors (Lipinski definition) is 0. The summed E-state index contributed by atoms with van der Waals surface area (Å²) in [6, 6.07) is 7.61. The van der Waals surface area contributed by atoms with Crippen molar-refractivity contribution in [2.24, 2.45) is 0 Å². The number of imidazole rings is 1. The van der Waals surface area contributed by atoms with Crippen LogP contribution in [0.5, 0.6) is 11.6 Å². The maximum atomic E-state index is 7.01. The Morgan fingerprint density at radius 1 is 1.00 bits per heavy atom. The summed E-state index contributed by atoms with van der Waals surface area (Å²) in [6.45, 7) is 27.1. The van der Waals surface area contributed by atoms with Crippen molar-refractivity contribution in [2.75, 3.05) is 20.3 Å². The summed E-state index contributed by atoms with van der Waals surface area (Å²) >= 11 is 0. The molecule has 260 valence electrons. The fraction of sp³-hybridized carbons (Fsp3) is 0.559. The van der Waals surface area contributed by atoms with Gasteiger partial charge in [-0.25, -0.2) is 4.98 Å². The van der Waals surface area contributed by atoms with Gasteiger partial charge in [-0.1, -0.05) is 59.4 Å². The van der Waals surface area contributed by atoms with E-state index in [-0.39, 0.29) is 28.9 Å². The van der Waals surface area contributed by atoms with Gasteiger partial charge in [-0.2, -0.15) is 14.6 Å². The molecule has 0 radical (unpaired) electrons. The first-order valence-corrected chi connectivity index (χ1v) is 22.3. The van der Waals surface area contributed by atoms with Gasteiger partial charge in [0.1, 0.15) is 30.4 Å². The van der Waals surface area contributed by atoms with Crippen molar-refractivity contribution in [1.82, 2.24) is 34.5 Å². The summed E-state index contributed by atoms with van der Waals surface area (Å²) in [7, 11) is -2.53. The highest BCUT2D eigenvalue weighted by molar-refractivity contribution is 6.74. The molecule has 3 aromatic heterocycles. The number of methoxy groups -OCH3 is 1. The van der Waals surface area contributed by atoms with Crippen LogP contribution in [0.2, 0.25) is 36.3 Å². The number of aromatic nitrogens is 7. The second-order valence-corrected chi connectivity index (χ2v) is 24.9. The second-order valence-electron chi connectivity index (χ2n) is 15.4. The van der Waals surface area contributed by atoms with E-state index in [9.17, 15) is 0 Å². The number of nitrogens with zero attached hydrogens (tertiary/aromatic N) is 7. The topological polar surface area (TPSA) is 120 Å². The molecule has 0 saturated carbocycles. The predicted octanol–water partition coefficient (Wildman–Crippen LogP) is 7.35. The molecule has 4 aromatic rings. The number of ether oxygens (including phenoxy) is 3. The van der Waals surface area contributed by atoms with Crippen molar-refractivity contribution in [1.29, 1.82) is 0 Å². The van der Waals surface area contributed by atoms with E-state index in [0.29, 0.717) is 41.7 Å². The van der Waals surface area contributed by atoms with Crippen molar-refractivity contribution in [2.45, 2.75) is 103 Å². The minimum absolute atomic E-state index is 0.0413. The highest BCUT2D eigenvalue weighted by Gasteiger charge is 2.47. The minimum atomic E-state index is -2.13. The molecule has 1 fully saturated rings. The van der Waals surface area contributed by atoms with E-state index >= 15 is 0 Å². The molecule has 3 atom stereocenters. The molecule has 48 heavy (non-hydrogen) atoms. The van der Waals surface area contributed by atoms with Crippen molar-refractivity contribution in [3.63, 3.8) is 0 Å². The van der Waals surface area contributed by atoms with Gasteiger partial charge in [0.25, 0.3) is 5.95 Å². The summed E-state index contributed by atoms with van der Waals surface area (Å²) in [4.78, 5) is 14.3. The van der Waals surface area contributed by atoms with Gasteiger partial charge in [-0.15, -0.1) is 5.10 Å². The van der Waals surface area contributed by atoms with Gasteiger partial charge in [0, 0.05) is 12.0 Å². The first-order chi connectivity index (χ1) is 22.4. The predicted molar refractivity (Wildman–Crippen MR) is 192 cm³/mol.